The van der Waals surface area contributed by atoms with E-state index >= 15 is 0 Å². The monoisotopic (exact) mass is 326 g/mol. The molecule has 1 aromatic rings. The van der Waals surface area contributed by atoms with Crippen LogP contribution in [-0.4, -0.2) is 24.4 Å². The van der Waals surface area contributed by atoms with E-state index in [0.717, 1.165) is 0 Å². The van der Waals surface area contributed by atoms with Crippen LogP contribution in [0.25, 0.3) is 0 Å². The summed E-state index contributed by atoms with van der Waals surface area (Å²) in [5, 5.41) is 5.47. The van der Waals surface area contributed by atoms with Crippen molar-refractivity contribution in [1.29, 1.82) is 0 Å². The Kier molecular flexibility index (Phi) is 6.02. The number of hydrogen-bond donors (Lipinski definition) is 2. The van der Waals surface area contributed by atoms with Gasteiger partial charge in [0.05, 0.1) is 5.56 Å². The molecule has 0 aliphatic carbocycles. The summed E-state index contributed by atoms with van der Waals surface area (Å²) in [6, 6.07) is 6.55. The Balaban J connectivity index is 2.57. The average molecular weight is 327 g/mol. The normalized spacial score (nSPS) is 12.1. The molecule has 1 atom stereocenters. The van der Waals surface area contributed by atoms with Crippen molar-refractivity contribution in [3.05, 3.63) is 34.3 Å². The number of nitrogens with one attached hydrogen (secondary N) is 2. The Morgan fingerprint density at radius 3 is 2.42 bits per heavy atom. The molecule has 2 amide bonds. The number of halogens is 1. The highest BCUT2D eigenvalue weighted by Crippen LogP contribution is 2.15. The van der Waals surface area contributed by atoms with Crippen molar-refractivity contribution in [2.75, 3.05) is 6.54 Å². The van der Waals surface area contributed by atoms with E-state index in [4.69, 9.17) is 0 Å². The second-order valence-electron chi connectivity index (χ2n) is 4.81. The van der Waals surface area contributed by atoms with E-state index in [1.54, 1.807) is 25.1 Å². The molecule has 1 rings (SSSR count). The van der Waals surface area contributed by atoms with Crippen LogP contribution < -0.4 is 10.6 Å². The summed E-state index contributed by atoms with van der Waals surface area (Å²) in [5.74, 6) is -0.0519. The average Bonchev–Trinajstić information content (AvgIpc) is 2.36. The fourth-order valence-electron chi connectivity index (χ4n) is 1.44. The summed E-state index contributed by atoms with van der Waals surface area (Å²) in [6.45, 7) is 6.31. The molecule has 0 aromatic heterocycles. The molecule has 0 radical (unpaired) electrons. The summed E-state index contributed by atoms with van der Waals surface area (Å²) >= 11 is 3.31. The number of benzene rings is 1. The van der Waals surface area contributed by atoms with Gasteiger partial charge in [-0.25, -0.2) is 0 Å². The van der Waals surface area contributed by atoms with Crippen molar-refractivity contribution in [3.63, 3.8) is 0 Å². The number of hydrogen-bond acceptors (Lipinski definition) is 2. The van der Waals surface area contributed by atoms with E-state index in [2.05, 4.69) is 26.6 Å². The minimum atomic E-state index is -0.557. The molecule has 2 N–H and O–H groups in total. The van der Waals surface area contributed by atoms with Crippen molar-refractivity contribution in [3.8, 4) is 0 Å². The summed E-state index contributed by atoms with van der Waals surface area (Å²) in [5.41, 5.74) is 0.519. The maximum absolute atomic E-state index is 12.0. The van der Waals surface area contributed by atoms with Crippen LogP contribution in [0.1, 0.15) is 31.1 Å². The predicted octanol–water partition coefficient (Wildman–Crippen LogP) is 2.34. The first-order chi connectivity index (χ1) is 8.91. The van der Waals surface area contributed by atoms with E-state index in [1.807, 2.05) is 19.9 Å². The van der Waals surface area contributed by atoms with Gasteiger partial charge in [0.1, 0.15) is 6.04 Å². The molecule has 1 aromatic carbocycles. The van der Waals surface area contributed by atoms with Crippen molar-refractivity contribution >= 4 is 27.7 Å². The van der Waals surface area contributed by atoms with E-state index < -0.39 is 6.04 Å². The molecular formula is C14H19BrN2O2. The molecule has 1 unspecified atom stereocenters. The summed E-state index contributed by atoms with van der Waals surface area (Å²) in [4.78, 5) is 23.8. The highest BCUT2D eigenvalue weighted by Gasteiger charge is 2.17. The van der Waals surface area contributed by atoms with Gasteiger partial charge in [-0.1, -0.05) is 26.0 Å². The van der Waals surface area contributed by atoms with Gasteiger partial charge in [0, 0.05) is 11.0 Å². The lowest BCUT2D eigenvalue weighted by molar-refractivity contribution is -0.122. The topological polar surface area (TPSA) is 58.2 Å². The van der Waals surface area contributed by atoms with Gasteiger partial charge in [-0.3, -0.25) is 9.59 Å². The molecular weight excluding hydrogens is 308 g/mol. The van der Waals surface area contributed by atoms with Gasteiger partial charge in [0.2, 0.25) is 5.91 Å². The number of carbonyl (C=O) groups excluding carboxylic acids is 2. The van der Waals surface area contributed by atoms with E-state index in [0.29, 0.717) is 22.5 Å². The minimum Gasteiger partial charge on any atom is -0.354 e. The smallest absolute Gasteiger partial charge is 0.253 e. The molecule has 0 aliphatic rings. The van der Waals surface area contributed by atoms with Gasteiger partial charge in [0.15, 0.2) is 0 Å². The maximum atomic E-state index is 12.0. The lowest BCUT2D eigenvalue weighted by Crippen LogP contribution is -2.45. The molecule has 0 bridgehead atoms. The lowest BCUT2D eigenvalue weighted by Gasteiger charge is -2.15. The molecule has 0 spiro atoms. The van der Waals surface area contributed by atoms with Gasteiger partial charge >= 0.3 is 0 Å². The van der Waals surface area contributed by atoms with Crippen LogP contribution in [-0.2, 0) is 4.79 Å². The molecule has 19 heavy (non-hydrogen) atoms. The van der Waals surface area contributed by atoms with Gasteiger partial charge in [-0.15, -0.1) is 0 Å². The van der Waals surface area contributed by atoms with Crippen molar-refractivity contribution in [1.82, 2.24) is 10.6 Å². The van der Waals surface area contributed by atoms with Crippen LogP contribution in [0.5, 0.6) is 0 Å². The standard InChI is InChI=1S/C14H19BrN2O2/c1-9(2)8-16-13(18)10(3)17-14(19)11-6-4-5-7-12(11)15/h4-7,9-10H,8H2,1-3H3,(H,16,18)(H,17,19). The molecule has 4 nitrogen and oxygen atoms in total. The zero-order chi connectivity index (χ0) is 14.4. The van der Waals surface area contributed by atoms with E-state index in [9.17, 15) is 9.59 Å². The third kappa shape index (κ3) is 5.03. The van der Waals surface area contributed by atoms with E-state index in [-0.39, 0.29) is 11.8 Å². The predicted molar refractivity (Wildman–Crippen MR) is 78.9 cm³/mol. The second kappa shape index (κ2) is 7.28. The van der Waals surface area contributed by atoms with Gasteiger partial charge in [-0.2, -0.15) is 0 Å². The van der Waals surface area contributed by atoms with Crippen LogP contribution in [0.2, 0.25) is 0 Å². The molecule has 0 heterocycles. The summed E-state index contributed by atoms with van der Waals surface area (Å²) in [6.07, 6.45) is 0. The van der Waals surface area contributed by atoms with Crippen molar-refractivity contribution < 1.29 is 9.59 Å². The van der Waals surface area contributed by atoms with Crippen LogP contribution in [0.4, 0.5) is 0 Å². The first-order valence-corrected chi connectivity index (χ1v) is 7.04. The Hall–Kier alpha value is -1.36. The van der Waals surface area contributed by atoms with Gasteiger partial charge in [0.25, 0.3) is 5.91 Å². The third-order valence-corrected chi connectivity index (χ3v) is 3.24. The first kappa shape index (κ1) is 15.7. The Morgan fingerprint density at radius 1 is 1.21 bits per heavy atom. The van der Waals surface area contributed by atoms with Crippen LogP contribution in [0.3, 0.4) is 0 Å². The summed E-state index contributed by atoms with van der Waals surface area (Å²) in [7, 11) is 0. The first-order valence-electron chi connectivity index (χ1n) is 6.25. The molecule has 0 saturated carbocycles. The number of amides is 2. The molecule has 0 fully saturated rings. The van der Waals surface area contributed by atoms with Crippen molar-refractivity contribution in [2.45, 2.75) is 26.8 Å². The van der Waals surface area contributed by atoms with Gasteiger partial charge < -0.3 is 10.6 Å². The largest absolute Gasteiger partial charge is 0.354 e. The highest BCUT2D eigenvalue weighted by atomic mass is 79.9. The number of carbonyl (C=O) groups is 2. The molecule has 0 saturated heterocycles. The SMILES string of the molecule is CC(C)CNC(=O)C(C)NC(=O)c1ccccc1Br. The van der Waals surface area contributed by atoms with Crippen LogP contribution >= 0.6 is 15.9 Å². The molecule has 5 heteroatoms. The maximum Gasteiger partial charge on any atom is 0.253 e. The van der Waals surface area contributed by atoms with E-state index in [1.165, 1.54) is 0 Å². The fraction of sp³-hybridized carbons (Fsp3) is 0.429. The Morgan fingerprint density at radius 2 is 1.84 bits per heavy atom. The van der Waals surface area contributed by atoms with Gasteiger partial charge in [-0.05, 0) is 40.9 Å². The lowest BCUT2D eigenvalue weighted by atomic mass is 10.2. The highest BCUT2D eigenvalue weighted by molar-refractivity contribution is 9.10. The van der Waals surface area contributed by atoms with Crippen molar-refractivity contribution in [2.24, 2.45) is 5.92 Å². The quantitative estimate of drug-likeness (QED) is 0.872. The summed E-state index contributed by atoms with van der Waals surface area (Å²) < 4.78 is 0.710. The second-order valence-corrected chi connectivity index (χ2v) is 5.67. The number of rotatable bonds is 5. The Bertz CT molecular complexity index is 461. The minimum absolute atomic E-state index is 0.172. The Labute approximate surface area is 122 Å². The fourth-order valence-corrected chi connectivity index (χ4v) is 1.91. The zero-order valence-corrected chi connectivity index (χ0v) is 13.0. The third-order valence-electron chi connectivity index (χ3n) is 2.54. The van der Waals surface area contributed by atoms with Crippen LogP contribution in [0.15, 0.2) is 28.7 Å². The van der Waals surface area contributed by atoms with Crippen LogP contribution in [0, 0.1) is 5.92 Å². The molecule has 0 aliphatic heterocycles. The zero-order valence-electron chi connectivity index (χ0n) is 11.4. The molecule has 104 valence electrons.